The van der Waals surface area contributed by atoms with Gasteiger partial charge in [-0.15, -0.1) is 0 Å². The molecule has 0 bridgehead atoms. The number of amides is 1. The Labute approximate surface area is 183 Å². The van der Waals surface area contributed by atoms with Crippen LogP contribution in [-0.4, -0.2) is 39.2 Å². The summed E-state index contributed by atoms with van der Waals surface area (Å²) in [5, 5.41) is 12.9. The van der Waals surface area contributed by atoms with Gasteiger partial charge < -0.3 is 25.6 Å². The predicted molar refractivity (Wildman–Crippen MR) is 119 cm³/mol. The van der Waals surface area contributed by atoms with Gasteiger partial charge in [-0.1, -0.05) is 12.1 Å². The number of pyridine rings is 1. The molecule has 0 aliphatic carbocycles. The van der Waals surface area contributed by atoms with Crippen molar-refractivity contribution in [1.82, 2.24) is 15.0 Å². The fraction of sp³-hybridized carbons (Fsp3) is 0.130. The summed E-state index contributed by atoms with van der Waals surface area (Å²) in [6.45, 7) is 1.85. The maximum Gasteiger partial charge on any atom is 0.267 e. The van der Waals surface area contributed by atoms with Gasteiger partial charge in [0.25, 0.3) is 5.91 Å². The van der Waals surface area contributed by atoms with E-state index in [2.05, 4.69) is 20.3 Å². The van der Waals surface area contributed by atoms with E-state index in [-0.39, 0.29) is 18.9 Å². The van der Waals surface area contributed by atoms with Gasteiger partial charge in [-0.2, -0.15) is 0 Å². The van der Waals surface area contributed by atoms with E-state index in [9.17, 15) is 4.79 Å². The zero-order chi connectivity index (χ0) is 22.5. The first-order chi connectivity index (χ1) is 15.5. The van der Waals surface area contributed by atoms with Gasteiger partial charge in [0.15, 0.2) is 0 Å². The van der Waals surface area contributed by atoms with Crippen LogP contribution in [0.1, 0.15) is 16.1 Å². The number of carbonyl (C=O) groups is 1. The van der Waals surface area contributed by atoms with E-state index in [1.165, 1.54) is 6.20 Å². The lowest BCUT2D eigenvalue weighted by molar-refractivity contribution is 0.0994. The second-order valence-corrected chi connectivity index (χ2v) is 6.86. The third kappa shape index (κ3) is 4.57. The fourth-order valence-electron chi connectivity index (χ4n) is 3.11. The molecule has 2 heterocycles. The van der Waals surface area contributed by atoms with Crippen LogP contribution in [0.4, 0.5) is 11.6 Å². The number of nitrogens with one attached hydrogen (secondary N) is 1. The number of nitrogens with two attached hydrogens (primary N) is 1. The van der Waals surface area contributed by atoms with Crippen LogP contribution in [0.5, 0.6) is 17.2 Å². The first-order valence-corrected chi connectivity index (χ1v) is 9.85. The van der Waals surface area contributed by atoms with Crippen LogP contribution >= 0.6 is 0 Å². The van der Waals surface area contributed by atoms with Gasteiger partial charge in [-0.05, 0) is 43.3 Å². The van der Waals surface area contributed by atoms with Crippen molar-refractivity contribution in [2.24, 2.45) is 5.73 Å². The Bertz CT molecular complexity index is 1280. The van der Waals surface area contributed by atoms with E-state index in [1.54, 1.807) is 37.4 Å². The number of carbonyl (C=O) groups excluding carboxylic acids is 1. The fourth-order valence-corrected chi connectivity index (χ4v) is 3.11. The molecular weight excluding hydrogens is 410 g/mol. The number of hydrogen-bond acceptors (Lipinski definition) is 8. The average molecular weight is 431 g/mol. The number of hydrogen-bond donors (Lipinski definition) is 3. The highest BCUT2D eigenvalue weighted by atomic mass is 16.5. The molecule has 1 amide bonds. The minimum absolute atomic E-state index is 0.0753. The molecule has 4 N–H and O–H groups in total. The molecule has 0 unspecified atom stereocenters. The first kappa shape index (κ1) is 21.0. The smallest absolute Gasteiger partial charge is 0.267 e. The molecular formula is C23H21N5O4. The molecule has 0 saturated heterocycles. The first-order valence-electron chi connectivity index (χ1n) is 9.85. The normalized spacial score (nSPS) is 10.7. The minimum Gasteiger partial charge on any atom is -0.489 e. The molecule has 0 radical (unpaired) electrons. The lowest BCUT2D eigenvalue weighted by Crippen LogP contribution is -2.15. The zero-order valence-corrected chi connectivity index (χ0v) is 17.3. The van der Waals surface area contributed by atoms with Crippen molar-refractivity contribution >= 4 is 28.4 Å². The van der Waals surface area contributed by atoms with Gasteiger partial charge in [0.1, 0.15) is 29.5 Å². The summed E-state index contributed by atoms with van der Waals surface area (Å²) in [6.07, 6.45) is 3.16. The number of para-hydroxylation sites is 2. The van der Waals surface area contributed by atoms with Crippen molar-refractivity contribution in [3.8, 4) is 17.2 Å². The monoisotopic (exact) mass is 431 g/mol. The van der Waals surface area contributed by atoms with E-state index >= 15 is 0 Å². The maximum atomic E-state index is 11.5. The van der Waals surface area contributed by atoms with Crippen molar-refractivity contribution in [1.29, 1.82) is 0 Å². The number of nitrogens with zero attached hydrogens (tertiary/aromatic N) is 3. The number of aliphatic hydroxyl groups excluding tert-OH is 1. The number of aliphatic hydroxyl groups is 1. The van der Waals surface area contributed by atoms with Crippen LogP contribution < -0.4 is 20.5 Å². The molecule has 32 heavy (non-hydrogen) atoms. The van der Waals surface area contributed by atoms with Gasteiger partial charge >= 0.3 is 0 Å². The molecule has 4 aromatic rings. The van der Waals surface area contributed by atoms with Crippen LogP contribution in [0.2, 0.25) is 0 Å². The quantitative estimate of drug-likeness (QED) is 0.387. The molecule has 0 saturated carbocycles. The van der Waals surface area contributed by atoms with Crippen molar-refractivity contribution in [3.05, 3.63) is 72.2 Å². The minimum atomic E-state index is -0.608. The Morgan fingerprint density at radius 2 is 1.97 bits per heavy atom. The second kappa shape index (κ2) is 9.27. The summed E-state index contributed by atoms with van der Waals surface area (Å²) in [7, 11) is 0. The summed E-state index contributed by atoms with van der Waals surface area (Å²) < 4.78 is 11.5. The molecule has 2 aromatic carbocycles. The van der Waals surface area contributed by atoms with Gasteiger partial charge in [-0.25, -0.2) is 9.97 Å². The lowest BCUT2D eigenvalue weighted by Gasteiger charge is -2.12. The zero-order valence-electron chi connectivity index (χ0n) is 17.3. The molecule has 0 spiro atoms. The molecule has 0 aliphatic heterocycles. The number of aromatic nitrogens is 3. The maximum absolute atomic E-state index is 11.5. The molecule has 0 atom stereocenters. The SMILES string of the molecule is Cc1c(Oc2ccc3nc(Nc4ccccc4OCCO)ncc3c2)ccnc1C(N)=O. The van der Waals surface area contributed by atoms with Crippen LogP contribution in [0.25, 0.3) is 10.9 Å². The van der Waals surface area contributed by atoms with Crippen molar-refractivity contribution < 1.29 is 19.4 Å². The highest BCUT2D eigenvalue weighted by Gasteiger charge is 2.12. The summed E-state index contributed by atoms with van der Waals surface area (Å²) in [5.74, 6) is 1.45. The molecule has 162 valence electrons. The predicted octanol–water partition coefficient (Wildman–Crippen LogP) is 3.34. The summed E-state index contributed by atoms with van der Waals surface area (Å²) >= 11 is 0. The van der Waals surface area contributed by atoms with E-state index < -0.39 is 5.91 Å². The Morgan fingerprint density at radius 3 is 2.78 bits per heavy atom. The Balaban J connectivity index is 1.56. The molecule has 2 aromatic heterocycles. The molecule has 9 heteroatoms. The van der Waals surface area contributed by atoms with Crippen molar-refractivity contribution in [2.75, 3.05) is 18.5 Å². The third-order valence-electron chi connectivity index (χ3n) is 4.65. The number of primary amides is 1. The van der Waals surface area contributed by atoms with Crippen LogP contribution in [-0.2, 0) is 0 Å². The van der Waals surface area contributed by atoms with Gasteiger partial charge in [0.05, 0.1) is 17.8 Å². The summed E-state index contributed by atoms with van der Waals surface area (Å²) in [6, 6.07) is 14.4. The molecule has 4 rings (SSSR count). The number of fused-ring (bicyclic) bond motifs is 1. The Kier molecular flexibility index (Phi) is 6.09. The van der Waals surface area contributed by atoms with Crippen LogP contribution in [0, 0.1) is 6.92 Å². The molecule has 0 aliphatic rings. The van der Waals surface area contributed by atoms with E-state index in [1.807, 2.05) is 24.3 Å². The second-order valence-electron chi connectivity index (χ2n) is 6.86. The van der Waals surface area contributed by atoms with Crippen LogP contribution in [0.3, 0.4) is 0 Å². The Morgan fingerprint density at radius 1 is 1.12 bits per heavy atom. The molecule has 9 nitrogen and oxygen atoms in total. The highest BCUT2D eigenvalue weighted by Crippen LogP contribution is 2.30. The van der Waals surface area contributed by atoms with Gasteiger partial charge in [-0.3, -0.25) is 9.78 Å². The highest BCUT2D eigenvalue weighted by molar-refractivity contribution is 5.92. The van der Waals surface area contributed by atoms with Crippen LogP contribution in [0.15, 0.2) is 60.9 Å². The lowest BCUT2D eigenvalue weighted by atomic mass is 10.2. The van der Waals surface area contributed by atoms with Crippen molar-refractivity contribution in [2.45, 2.75) is 6.92 Å². The number of benzene rings is 2. The number of anilines is 2. The third-order valence-corrected chi connectivity index (χ3v) is 4.65. The summed E-state index contributed by atoms with van der Waals surface area (Å²) in [5.41, 5.74) is 7.50. The van der Waals surface area contributed by atoms with E-state index in [0.717, 1.165) is 5.39 Å². The number of ether oxygens (including phenoxy) is 2. The topological polar surface area (TPSA) is 132 Å². The molecule has 0 fully saturated rings. The summed E-state index contributed by atoms with van der Waals surface area (Å²) in [4.78, 5) is 24.4. The average Bonchev–Trinajstić information content (AvgIpc) is 2.80. The van der Waals surface area contributed by atoms with Gasteiger partial charge in [0.2, 0.25) is 5.95 Å². The Hall–Kier alpha value is -4.24. The van der Waals surface area contributed by atoms with E-state index in [4.69, 9.17) is 20.3 Å². The van der Waals surface area contributed by atoms with E-state index in [0.29, 0.717) is 40.0 Å². The standard InChI is InChI=1S/C23H21N5O4/c1-14-19(8-9-25-21(14)22(24)30)32-16-6-7-17-15(12-16)13-26-23(27-17)28-18-4-2-3-5-20(18)31-11-10-29/h2-9,12-13,29H,10-11H2,1H3,(H2,24,30)(H,26,27,28). The number of rotatable bonds is 8. The van der Waals surface area contributed by atoms with Gasteiger partial charge in [0, 0.05) is 23.3 Å². The largest absolute Gasteiger partial charge is 0.489 e. The van der Waals surface area contributed by atoms with Crippen molar-refractivity contribution in [3.63, 3.8) is 0 Å².